The van der Waals surface area contributed by atoms with E-state index in [2.05, 4.69) is 10.2 Å². The Hall–Kier alpha value is -1.55. The molecule has 4 rings (SSSR count). The van der Waals surface area contributed by atoms with Crippen molar-refractivity contribution in [2.45, 2.75) is 25.8 Å². The Kier molecular flexibility index (Phi) is 3.19. The lowest BCUT2D eigenvalue weighted by atomic mass is 9.84. The highest BCUT2D eigenvalue weighted by molar-refractivity contribution is 5.95. The number of carbonyl (C=O) groups excluding carboxylic acids is 1. The molecule has 1 atom stereocenters. The Morgan fingerprint density at radius 1 is 1.32 bits per heavy atom. The van der Waals surface area contributed by atoms with E-state index in [0.29, 0.717) is 23.2 Å². The fraction of sp³-hybridized carbons (Fsp3) is 0.533. The molecule has 0 spiro atoms. The van der Waals surface area contributed by atoms with Crippen molar-refractivity contribution in [3.05, 3.63) is 29.3 Å². The minimum Gasteiger partial charge on any atom is -0.399 e. The Morgan fingerprint density at radius 3 is 2.63 bits per heavy atom. The molecule has 4 heteroatoms. The molecule has 3 heterocycles. The number of nitrogens with two attached hydrogens (primary N) is 1. The second-order valence-electron chi connectivity index (χ2n) is 5.85. The molecule has 1 amide bonds. The lowest BCUT2D eigenvalue weighted by Gasteiger charge is -2.44. The molecule has 0 aliphatic carbocycles. The van der Waals surface area contributed by atoms with Gasteiger partial charge in [0.2, 0.25) is 0 Å². The first-order chi connectivity index (χ1) is 9.11. The number of hydrogen-bond acceptors (Lipinski definition) is 3. The summed E-state index contributed by atoms with van der Waals surface area (Å²) in [4.78, 5) is 14.7. The van der Waals surface area contributed by atoms with Crippen molar-refractivity contribution in [2.75, 3.05) is 25.4 Å². The highest BCUT2D eigenvalue weighted by atomic mass is 16.1. The Bertz CT molecular complexity index is 472. The second kappa shape index (κ2) is 4.85. The van der Waals surface area contributed by atoms with Crippen LogP contribution in [-0.4, -0.2) is 36.5 Å². The largest absolute Gasteiger partial charge is 0.399 e. The molecule has 0 saturated carbocycles. The van der Waals surface area contributed by atoms with Gasteiger partial charge in [-0.15, -0.1) is 0 Å². The van der Waals surface area contributed by atoms with Crippen LogP contribution in [0.2, 0.25) is 0 Å². The summed E-state index contributed by atoms with van der Waals surface area (Å²) in [6, 6.07) is 5.83. The molecule has 1 aromatic carbocycles. The zero-order valence-electron chi connectivity index (χ0n) is 11.4. The molecule has 3 aliphatic rings. The summed E-state index contributed by atoms with van der Waals surface area (Å²) in [5, 5.41) is 3.18. The number of aryl methyl sites for hydroxylation is 1. The van der Waals surface area contributed by atoms with Gasteiger partial charge in [0.15, 0.2) is 0 Å². The standard InChI is InChI=1S/C15H21N3O/c1-10-6-12(8-13(16)7-10)15(19)17-14-9-18-4-2-11(14)3-5-18/h6-8,11,14H,2-5,9,16H2,1H3,(H,17,19). The van der Waals surface area contributed by atoms with Gasteiger partial charge in [-0.05, 0) is 62.5 Å². The minimum atomic E-state index is 0.00847. The average molecular weight is 259 g/mol. The zero-order valence-corrected chi connectivity index (χ0v) is 11.4. The van der Waals surface area contributed by atoms with Gasteiger partial charge in [0, 0.05) is 23.8 Å². The molecule has 19 heavy (non-hydrogen) atoms. The number of piperidine rings is 3. The van der Waals surface area contributed by atoms with E-state index >= 15 is 0 Å². The van der Waals surface area contributed by atoms with Gasteiger partial charge in [0.05, 0.1) is 0 Å². The molecular weight excluding hydrogens is 238 g/mol. The molecular formula is C15H21N3O. The van der Waals surface area contributed by atoms with Gasteiger partial charge < -0.3 is 16.0 Å². The van der Waals surface area contributed by atoms with Crippen LogP contribution < -0.4 is 11.1 Å². The number of rotatable bonds is 2. The summed E-state index contributed by atoms with van der Waals surface area (Å²) < 4.78 is 0. The number of carbonyl (C=O) groups is 1. The SMILES string of the molecule is Cc1cc(N)cc(C(=O)NC2CN3CCC2CC3)c1. The van der Waals surface area contributed by atoms with E-state index in [1.54, 1.807) is 6.07 Å². The van der Waals surface area contributed by atoms with Gasteiger partial charge >= 0.3 is 0 Å². The lowest BCUT2D eigenvalue weighted by molar-refractivity contribution is 0.0620. The predicted molar refractivity (Wildman–Crippen MR) is 76.0 cm³/mol. The van der Waals surface area contributed by atoms with Crippen molar-refractivity contribution < 1.29 is 4.79 Å². The van der Waals surface area contributed by atoms with E-state index in [1.165, 1.54) is 25.9 Å². The van der Waals surface area contributed by atoms with E-state index in [9.17, 15) is 4.79 Å². The van der Waals surface area contributed by atoms with Gasteiger partial charge in [-0.1, -0.05) is 0 Å². The van der Waals surface area contributed by atoms with Crippen molar-refractivity contribution in [3.63, 3.8) is 0 Å². The van der Waals surface area contributed by atoms with Crippen LogP contribution in [0, 0.1) is 12.8 Å². The van der Waals surface area contributed by atoms with E-state index < -0.39 is 0 Å². The van der Waals surface area contributed by atoms with Gasteiger partial charge in [-0.2, -0.15) is 0 Å². The van der Waals surface area contributed by atoms with Crippen LogP contribution in [0.15, 0.2) is 18.2 Å². The Morgan fingerprint density at radius 2 is 2.05 bits per heavy atom. The third-order valence-corrected chi connectivity index (χ3v) is 4.33. The topological polar surface area (TPSA) is 58.4 Å². The third-order valence-electron chi connectivity index (χ3n) is 4.33. The van der Waals surface area contributed by atoms with Crippen LogP contribution in [0.5, 0.6) is 0 Å². The van der Waals surface area contributed by atoms with Gasteiger partial charge in [0.25, 0.3) is 5.91 Å². The van der Waals surface area contributed by atoms with Crippen LogP contribution >= 0.6 is 0 Å². The number of fused-ring (bicyclic) bond motifs is 3. The summed E-state index contributed by atoms with van der Waals surface area (Å²) in [7, 11) is 0. The Labute approximate surface area is 114 Å². The maximum absolute atomic E-state index is 12.3. The maximum atomic E-state index is 12.3. The number of benzene rings is 1. The maximum Gasteiger partial charge on any atom is 0.251 e. The molecule has 0 aromatic heterocycles. The van der Waals surface area contributed by atoms with Crippen LogP contribution in [0.4, 0.5) is 5.69 Å². The van der Waals surface area contributed by atoms with Crippen LogP contribution in [0.3, 0.4) is 0 Å². The average Bonchev–Trinajstić information content (AvgIpc) is 2.39. The normalized spacial score (nSPS) is 29.2. The smallest absolute Gasteiger partial charge is 0.251 e. The summed E-state index contributed by atoms with van der Waals surface area (Å²) in [6.07, 6.45) is 2.42. The number of nitrogens with one attached hydrogen (secondary N) is 1. The molecule has 102 valence electrons. The van der Waals surface area contributed by atoms with Gasteiger partial charge in [-0.25, -0.2) is 0 Å². The fourth-order valence-electron chi connectivity index (χ4n) is 3.32. The van der Waals surface area contributed by atoms with Gasteiger partial charge in [0.1, 0.15) is 0 Å². The van der Waals surface area contributed by atoms with E-state index in [4.69, 9.17) is 5.73 Å². The van der Waals surface area contributed by atoms with Crippen molar-refractivity contribution >= 4 is 11.6 Å². The molecule has 1 aromatic rings. The molecule has 3 fully saturated rings. The summed E-state index contributed by atoms with van der Waals surface area (Å²) >= 11 is 0. The monoisotopic (exact) mass is 259 g/mol. The molecule has 1 unspecified atom stereocenters. The van der Waals surface area contributed by atoms with E-state index in [0.717, 1.165) is 12.1 Å². The van der Waals surface area contributed by atoms with Crippen LogP contribution in [-0.2, 0) is 0 Å². The highest BCUT2D eigenvalue weighted by Crippen LogP contribution is 2.27. The molecule has 4 nitrogen and oxygen atoms in total. The number of nitrogens with zero attached hydrogens (tertiary/aromatic N) is 1. The highest BCUT2D eigenvalue weighted by Gasteiger charge is 2.34. The molecule has 0 radical (unpaired) electrons. The number of anilines is 1. The van der Waals surface area contributed by atoms with Gasteiger partial charge in [-0.3, -0.25) is 4.79 Å². The van der Waals surface area contributed by atoms with Crippen molar-refractivity contribution in [1.29, 1.82) is 0 Å². The van der Waals surface area contributed by atoms with Crippen LogP contribution in [0.1, 0.15) is 28.8 Å². The first-order valence-corrected chi connectivity index (χ1v) is 7.02. The Balaban J connectivity index is 1.71. The van der Waals surface area contributed by atoms with Crippen molar-refractivity contribution in [1.82, 2.24) is 10.2 Å². The van der Waals surface area contributed by atoms with E-state index in [1.807, 2.05) is 19.1 Å². The first-order valence-electron chi connectivity index (χ1n) is 7.02. The number of hydrogen-bond donors (Lipinski definition) is 2. The molecule has 3 N–H and O–H groups in total. The fourth-order valence-corrected chi connectivity index (χ4v) is 3.32. The zero-order chi connectivity index (χ0) is 13.4. The predicted octanol–water partition coefficient (Wildman–Crippen LogP) is 1.40. The van der Waals surface area contributed by atoms with Crippen LogP contribution in [0.25, 0.3) is 0 Å². The molecule has 3 aliphatic heterocycles. The number of nitrogen functional groups attached to an aromatic ring is 1. The summed E-state index contributed by atoms with van der Waals surface area (Å²) in [5.74, 6) is 0.658. The van der Waals surface area contributed by atoms with Crippen molar-refractivity contribution in [3.8, 4) is 0 Å². The summed E-state index contributed by atoms with van der Waals surface area (Å²) in [6.45, 7) is 5.34. The third kappa shape index (κ3) is 2.59. The molecule has 3 saturated heterocycles. The first kappa shape index (κ1) is 12.5. The van der Waals surface area contributed by atoms with E-state index in [-0.39, 0.29) is 5.91 Å². The van der Waals surface area contributed by atoms with Crippen molar-refractivity contribution in [2.24, 2.45) is 5.92 Å². The number of amides is 1. The minimum absolute atomic E-state index is 0.00847. The second-order valence-corrected chi connectivity index (χ2v) is 5.85. The lowest BCUT2D eigenvalue weighted by Crippen LogP contribution is -2.57. The summed E-state index contributed by atoms with van der Waals surface area (Å²) in [5.41, 5.74) is 8.16. The quantitative estimate of drug-likeness (QED) is 0.789. The molecule has 2 bridgehead atoms.